The zero-order valence-electron chi connectivity index (χ0n) is 33.8. The van der Waals surface area contributed by atoms with Crippen molar-refractivity contribution in [1.29, 1.82) is 0 Å². The number of halogens is 1. The molecule has 2 saturated heterocycles. The third-order valence-corrected chi connectivity index (χ3v) is 10.6. The number of piperazine rings is 1. The van der Waals surface area contributed by atoms with Gasteiger partial charge in [0.25, 0.3) is 0 Å². The molecule has 14 heteroatoms. The highest BCUT2D eigenvalue weighted by atomic mass is 19.1. The number of carbonyl (C=O) groups excluding carboxylic acids is 2. The summed E-state index contributed by atoms with van der Waals surface area (Å²) in [5.74, 6) is 0.271. The first-order valence-corrected chi connectivity index (χ1v) is 19.8. The number of amides is 1. The van der Waals surface area contributed by atoms with E-state index in [1.807, 2.05) is 85.2 Å². The summed E-state index contributed by atoms with van der Waals surface area (Å²) in [6.07, 6.45) is 4.56. The largest absolute Gasteiger partial charge is 0.468 e. The molecule has 2 aliphatic rings. The quantitative estimate of drug-likeness (QED) is 0.117. The molecule has 0 radical (unpaired) electrons. The topological polar surface area (TPSA) is 130 Å². The third kappa shape index (κ3) is 8.22. The molecule has 3 aromatic heterocycles. The van der Waals surface area contributed by atoms with Crippen LogP contribution in [0.1, 0.15) is 57.4 Å². The molecule has 1 amide bonds. The van der Waals surface area contributed by atoms with Crippen LogP contribution in [0.2, 0.25) is 0 Å². The number of anilines is 1. The second-order valence-electron chi connectivity index (χ2n) is 15.8. The maximum Gasteiger partial charge on any atom is 0.418 e. The Bertz CT molecular complexity index is 2490. The average molecular weight is 803 g/mol. The van der Waals surface area contributed by atoms with Crippen molar-refractivity contribution >= 4 is 39.7 Å². The molecule has 59 heavy (non-hydrogen) atoms. The first-order chi connectivity index (χ1) is 28.5. The SMILES string of the molecule is CCc1cccc2cc(OCOC)cc(-c3ncc4c(N5C[C@@H]6CC[C@@H](C5)N6C(=O)OC(C)(C)C)nc(OCc5cccn5C(=O)OCc5ccccc5)nc4c3F)c12. The number of hydrogen-bond acceptors (Lipinski definition) is 11. The van der Waals surface area contributed by atoms with Crippen LogP contribution >= 0.6 is 0 Å². The molecule has 2 bridgehead atoms. The molecule has 0 spiro atoms. The van der Waals surface area contributed by atoms with Crippen molar-refractivity contribution in [1.82, 2.24) is 24.4 Å². The number of carbonyl (C=O) groups is 2. The van der Waals surface area contributed by atoms with Gasteiger partial charge in [-0.2, -0.15) is 9.97 Å². The van der Waals surface area contributed by atoms with Crippen LogP contribution in [0.3, 0.4) is 0 Å². The van der Waals surface area contributed by atoms with Crippen LogP contribution in [0.25, 0.3) is 32.9 Å². The van der Waals surface area contributed by atoms with Gasteiger partial charge in [0.15, 0.2) is 12.6 Å². The van der Waals surface area contributed by atoms with Gasteiger partial charge in [0, 0.05) is 38.2 Å². The Morgan fingerprint density at radius 1 is 0.898 bits per heavy atom. The normalized spacial score (nSPS) is 16.4. The van der Waals surface area contributed by atoms with E-state index in [1.165, 1.54) is 11.7 Å². The van der Waals surface area contributed by atoms with E-state index >= 15 is 4.39 Å². The molecule has 2 atom stereocenters. The molecule has 0 unspecified atom stereocenters. The Morgan fingerprint density at radius 2 is 1.68 bits per heavy atom. The highest BCUT2D eigenvalue weighted by Gasteiger charge is 2.45. The van der Waals surface area contributed by atoms with Gasteiger partial charge in [-0.15, -0.1) is 0 Å². The van der Waals surface area contributed by atoms with E-state index in [9.17, 15) is 9.59 Å². The van der Waals surface area contributed by atoms with Crippen LogP contribution in [-0.4, -0.2) is 81.3 Å². The fourth-order valence-corrected chi connectivity index (χ4v) is 8.01. The van der Waals surface area contributed by atoms with Gasteiger partial charge >= 0.3 is 18.2 Å². The summed E-state index contributed by atoms with van der Waals surface area (Å²) < 4.78 is 47.4. The minimum atomic E-state index is -0.657. The van der Waals surface area contributed by atoms with Gasteiger partial charge < -0.3 is 28.6 Å². The molecule has 13 nitrogen and oxygen atoms in total. The summed E-state index contributed by atoms with van der Waals surface area (Å²) in [5.41, 5.74) is 2.37. The van der Waals surface area contributed by atoms with Gasteiger partial charge in [-0.1, -0.05) is 55.5 Å². The number of fused-ring (bicyclic) bond motifs is 4. The number of methoxy groups -OCH3 is 1. The van der Waals surface area contributed by atoms with Crippen molar-refractivity contribution < 1.29 is 37.7 Å². The van der Waals surface area contributed by atoms with Crippen molar-refractivity contribution in [2.24, 2.45) is 0 Å². The summed E-state index contributed by atoms with van der Waals surface area (Å²) in [4.78, 5) is 44.6. The van der Waals surface area contributed by atoms with E-state index in [1.54, 1.807) is 30.6 Å². The van der Waals surface area contributed by atoms with Gasteiger partial charge in [-0.05, 0) is 86.2 Å². The first-order valence-electron chi connectivity index (χ1n) is 19.8. The lowest BCUT2D eigenvalue weighted by Gasteiger charge is -2.42. The van der Waals surface area contributed by atoms with Crippen LogP contribution < -0.4 is 14.4 Å². The van der Waals surface area contributed by atoms with Crippen molar-refractivity contribution in [2.75, 3.05) is 31.9 Å². The molecule has 0 saturated carbocycles. The van der Waals surface area contributed by atoms with Crippen LogP contribution in [0, 0.1) is 5.82 Å². The van der Waals surface area contributed by atoms with E-state index < -0.39 is 17.5 Å². The van der Waals surface area contributed by atoms with E-state index in [-0.39, 0.29) is 55.4 Å². The predicted octanol–water partition coefficient (Wildman–Crippen LogP) is 8.68. The van der Waals surface area contributed by atoms with Crippen LogP contribution in [0.5, 0.6) is 11.8 Å². The number of nitrogens with zero attached hydrogens (tertiary/aromatic N) is 6. The number of aryl methyl sites for hydroxylation is 1. The third-order valence-electron chi connectivity index (χ3n) is 10.6. The van der Waals surface area contributed by atoms with Gasteiger partial charge in [-0.3, -0.25) is 14.5 Å². The summed E-state index contributed by atoms with van der Waals surface area (Å²) in [7, 11) is 1.54. The minimum absolute atomic E-state index is 0.0138. The molecule has 2 aliphatic heterocycles. The number of benzene rings is 3. The molecule has 0 N–H and O–H groups in total. The lowest BCUT2D eigenvalue weighted by molar-refractivity contribution is 0.0122. The maximum atomic E-state index is 17.4. The van der Waals surface area contributed by atoms with E-state index in [0.717, 1.165) is 34.7 Å². The second kappa shape index (κ2) is 16.5. The average Bonchev–Trinajstić information content (AvgIpc) is 3.81. The summed E-state index contributed by atoms with van der Waals surface area (Å²) >= 11 is 0. The Hall–Kier alpha value is -6.28. The maximum absolute atomic E-state index is 17.4. The zero-order chi connectivity index (χ0) is 41.3. The summed E-state index contributed by atoms with van der Waals surface area (Å²) in [6.45, 7) is 8.49. The monoisotopic (exact) mass is 802 g/mol. The van der Waals surface area contributed by atoms with Gasteiger partial charge in [0.2, 0.25) is 0 Å². The number of rotatable bonds is 11. The van der Waals surface area contributed by atoms with E-state index in [2.05, 4.69) is 11.9 Å². The standard InChI is InChI=1S/C45H47FN6O7/c1-6-29-14-10-15-30-20-34(58-27-55-5)21-35(37(29)30)39-38(46)40-36(22-47-39)41(50-23-31-17-18-32(24-50)52(31)44(54)59-45(2,3)4)49-42(48-40)56-26-33-16-11-19-51(33)43(53)57-25-28-12-8-7-9-13-28/h7-16,19-22,31-32H,6,17-18,23-27H2,1-5H3/t31-,32-/m0/s1. The Labute approximate surface area is 341 Å². The fourth-order valence-electron chi connectivity index (χ4n) is 8.01. The van der Waals surface area contributed by atoms with Crippen LogP contribution in [-0.2, 0) is 33.8 Å². The Morgan fingerprint density at radius 3 is 2.41 bits per heavy atom. The molecule has 6 aromatic rings. The molecule has 5 heterocycles. The van der Waals surface area contributed by atoms with Crippen molar-refractivity contribution in [2.45, 2.75) is 77.9 Å². The molecular weight excluding hydrogens is 756 g/mol. The van der Waals surface area contributed by atoms with Crippen molar-refractivity contribution in [3.05, 3.63) is 108 Å². The smallest absolute Gasteiger partial charge is 0.418 e. The molecule has 8 rings (SSSR count). The van der Waals surface area contributed by atoms with Crippen molar-refractivity contribution in [3.63, 3.8) is 0 Å². The molecule has 2 fully saturated rings. The van der Waals surface area contributed by atoms with Crippen LogP contribution in [0.15, 0.2) is 85.2 Å². The molecule has 306 valence electrons. The van der Waals surface area contributed by atoms with Gasteiger partial charge in [0.1, 0.15) is 41.6 Å². The first kappa shape index (κ1) is 39.5. The predicted molar refractivity (Wildman–Crippen MR) is 220 cm³/mol. The number of pyridine rings is 1. The van der Waals surface area contributed by atoms with Crippen molar-refractivity contribution in [3.8, 4) is 23.0 Å². The molecule has 3 aromatic carbocycles. The number of hydrogen-bond donors (Lipinski definition) is 0. The Balaban J connectivity index is 1.18. The molecule has 0 aliphatic carbocycles. The van der Waals surface area contributed by atoms with E-state index in [0.29, 0.717) is 47.7 Å². The van der Waals surface area contributed by atoms with Gasteiger partial charge in [-0.25, -0.2) is 14.0 Å². The summed E-state index contributed by atoms with van der Waals surface area (Å²) in [6, 6.07) is 22.1. The van der Waals surface area contributed by atoms with Crippen LogP contribution in [0.4, 0.5) is 19.8 Å². The number of ether oxygens (including phenoxy) is 5. The lowest BCUT2D eigenvalue weighted by atomic mass is 9.95. The molecular formula is C45H47FN6O7. The fraction of sp³-hybridized carbons (Fsp3) is 0.356. The second-order valence-corrected chi connectivity index (χ2v) is 15.8. The summed E-state index contributed by atoms with van der Waals surface area (Å²) in [5, 5.41) is 2.11. The Kier molecular flexibility index (Phi) is 11.1. The highest BCUT2D eigenvalue weighted by molar-refractivity contribution is 6.01. The van der Waals surface area contributed by atoms with Gasteiger partial charge in [0.05, 0.1) is 23.2 Å². The van der Waals surface area contributed by atoms with E-state index in [4.69, 9.17) is 33.7 Å². The lowest BCUT2D eigenvalue weighted by Crippen LogP contribution is -2.57. The highest BCUT2D eigenvalue weighted by Crippen LogP contribution is 2.40. The number of aromatic nitrogens is 4. The zero-order valence-corrected chi connectivity index (χ0v) is 33.8. The minimum Gasteiger partial charge on any atom is -0.468 e.